The summed E-state index contributed by atoms with van der Waals surface area (Å²) in [5.41, 5.74) is 0.690. The number of hydrogen-bond acceptors (Lipinski definition) is 3. The van der Waals surface area contributed by atoms with Gasteiger partial charge in [0.1, 0.15) is 11.4 Å². The van der Waals surface area contributed by atoms with E-state index in [2.05, 4.69) is 0 Å². The third-order valence-corrected chi connectivity index (χ3v) is 3.05. The van der Waals surface area contributed by atoms with Crippen LogP contribution in [-0.2, 0) is 15.1 Å². The van der Waals surface area contributed by atoms with Crippen molar-refractivity contribution in [2.24, 2.45) is 0 Å². The minimum atomic E-state index is -0.367. The molecule has 0 aromatic heterocycles. The Labute approximate surface area is 89.0 Å². The first-order valence-electron chi connectivity index (χ1n) is 5.07. The van der Waals surface area contributed by atoms with Gasteiger partial charge in [0.2, 0.25) is 0 Å². The van der Waals surface area contributed by atoms with E-state index in [1.54, 1.807) is 7.11 Å². The van der Waals surface area contributed by atoms with Crippen LogP contribution in [0.15, 0.2) is 24.3 Å². The van der Waals surface area contributed by atoms with Gasteiger partial charge in [-0.15, -0.1) is 0 Å². The van der Waals surface area contributed by atoms with Gasteiger partial charge in [-0.05, 0) is 37.0 Å². The summed E-state index contributed by atoms with van der Waals surface area (Å²) in [5.74, 6) is 0.819. The Kier molecular flexibility index (Phi) is 2.62. The number of methoxy groups -OCH3 is 1. The van der Waals surface area contributed by atoms with Crippen molar-refractivity contribution in [2.75, 3.05) is 7.11 Å². The molecule has 0 N–H and O–H groups in total. The van der Waals surface area contributed by atoms with Gasteiger partial charge in [0, 0.05) is 0 Å². The summed E-state index contributed by atoms with van der Waals surface area (Å²) in [6, 6.07) is 7.70. The second-order valence-corrected chi connectivity index (χ2v) is 3.79. The number of hydrogen-bond donors (Lipinski definition) is 0. The van der Waals surface area contributed by atoms with E-state index in [9.17, 15) is 4.79 Å². The van der Waals surface area contributed by atoms with Gasteiger partial charge in [-0.3, -0.25) is 4.79 Å². The Hall–Kier alpha value is -1.51. The van der Waals surface area contributed by atoms with Crippen molar-refractivity contribution >= 4 is 6.47 Å². The zero-order valence-electron chi connectivity index (χ0n) is 8.73. The molecule has 0 bridgehead atoms. The van der Waals surface area contributed by atoms with Gasteiger partial charge in [-0.1, -0.05) is 12.1 Å². The smallest absolute Gasteiger partial charge is 0.293 e. The molecule has 0 heterocycles. The van der Waals surface area contributed by atoms with E-state index < -0.39 is 0 Å². The highest BCUT2D eigenvalue weighted by Gasteiger charge is 2.40. The predicted octanol–water partition coefficient (Wildman–Crippen LogP) is 2.25. The van der Waals surface area contributed by atoms with Gasteiger partial charge in [0.05, 0.1) is 7.11 Å². The van der Waals surface area contributed by atoms with Gasteiger partial charge < -0.3 is 9.47 Å². The normalized spacial score (nSPS) is 17.7. The van der Waals surface area contributed by atoms with Gasteiger partial charge in [0.25, 0.3) is 6.47 Å². The summed E-state index contributed by atoms with van der Waals surface area (Å²) in [6.07, 6.45) is 2.94. The zero-order valence-corrected chi connectivity index (χ0v) is 8.73. The van der Waals surface area contributed by atoms with E-state index in [-0.39, 0.29) is 5.60 Å². The Morgan fingerprint density at radius 1 is 1.27 bits per heavy atom. The van der Waals surface area contributed by atoms with Gasteiger partial charge in [0.15, 0.2) is 0 Å². The maximum atomic E-state index is 10.5. The Balaban J connectivity index is 2.23. The lowest BCUT2D eigenvalue weighted by atomic mass is 9.75. The standard InChI is InChI=1S/C12H14O3/c1-14-11-5-3-10(4-6-11)12(15-9-13)7-2-8-12/h3-6,9H,2,7-8H2,1H3. The minimum Gasteiger partial charge on any atom is -0.497 e. The molecule has 1 fully saturated rings. The first kappa shape index (κ1) is 10.0. The molecule has 0 aliphatic heterocycles. The van der Waals surface area contributed by atoms with E-state index in [1.165, 1.54) is 0 Å². The molecule has 1 aliphatic rings. The van der Waals surface area contributed by atoms with Crippen LogP contribution in [0.2, 0.25) is 0 Å². The molecule has 3 nitrogen and oxygen atoms in total. The summed E-state index contributed by atoms with van der Waals surface area (Å²) in [5, 5.41) is 0. The van der Waals surface area contributed by atoms with Crippen molar-refractivity contribution in [3.8, 4) is 5.75 Å². The summed E-state index contributed by atoms with van der Waals surface area (Å²) >= 11 is 0. The summed E-state index contributed by atoms with van der Waals surface area (Å²) in [7, 11) is 1.63. The zero-order chi connectivity index (χ0) is 10.7. The van der Waals surface area contributed by atoms with Crippen molar-refractivity contribution in [3.63, 3.8) is 0 Å². The van der Waals surface area contributed by atoms with Crippen LogP contribution in [-0.4, -0.2) is 13.6 Å². The van der Waals surface area contributed by atoms with Gasteiger partial charge >= 0.3 is 0 Å². The molecule has 1 saturated carbocycles. The second kappa shape index (κ2) is 3.93. The fraction of sp³-hybridized carbons (Fsp3) is 0.417. The molecule has 0 atom stereocenters. The van der Waals surface area contributed by atoms with Crippen LogP contribution in [0.25, 0.3) is 0 Å². The average molecular weight is 206 g/mol. The predicted molar refractivity (Wildman–Crippen MR) is 55.7 cm³/mol. The molecule has 0 saturated heterocycles. The maximum absolute atomic E-state index is 10.5. The Bertz CT molecular complexity index is 338. The molecule has 2 rings (SSSR count). The molecular formula is C12H14O3. The van der Waals surface area contributed by atoms with E-state index in [0.29, 0.717) is 6.47 Å². The van der Waals surface area contributed by atoms with Crippen LogP contribution < -0.4 is 4.74 Å². The van der Waals surface area contributed by atoms with Crippen LogP contribution in [0.1, 0.15) is 24.8 Å². The molecule has 0 amide bonds. The molecule has 0 spiro atoms. The van der Waals surface area contributed by atoms with Crippen molar-refractivity contribution < 1.29 is 14.3 Å². The maximum Gasteiger partial charge on any atom is 0.293 e. The number of carbonyl (C=O) groups excluding carboxylic acids is 1. The molecule has 1 aromatic rings. The molecule has 0 unspecified atom stereocenters. The first-order valence-corrected chi connectivity index (χ1v) is 5.07. The SMILES string of the molecule is COc1ccc(C2(OC=O)CCC2)cc1. The molecule has 0 radical (unpaired) electrons. The van der Waals surface area contributed by atoms with Crippen molar-refractivity contribution in [1.29, 1.82) is 0 Å². The van der Waals surface area contributed by atoms with Crippen molar-refractivity contribution in [2.45, 2.75) is 24.9 Å². The molecular weight excluding hydrogens is 192 g/mol. The van der Waals surface area contributed by atoms with E-state index in [4.69, 9.17) is 9.47 Å². The first-order chi connectivity index (χ1) is 7.30. The molecule has 15 heavy (non-hydrogen) atoms. The van der Waals surface area contributed by atoms with Crippen LogP contribution in [0.3, 0.4) is 0 Å². The Morgan fingerprint density at radius 3 is 2.33 bits per heavy atom. The van der Waals surface area contributed by atoms with Gasteiger partial charge in [-0.2, -0.15) is 0 Å². The molecule has 80 valence electrons. The van der Waals surface area contributed by atoms with Gasteiger partial charge in [-0.25, -0.2) is 0 Å². The lowest BCUT2D eigenvalue weighted by molar-refractivity contribution is -0.155. The fourth-order valence-corrected chi connectivity index (χ4v) is 1.96. The average Bonchev–Trinajstić information content (AvgIpc) is 2.24. The fourth-order valence-electron chi connectivity index (χ4n) is 1.96. The molecule has 1 aromatic carbocycles. The van der Waals surface area contributed by atoms with Crippen molar-refractivity contribution in [3.05, 3.63) is 29.8 Å². The number of carbonyl (C=O) groups is 1. The monoisotopic (exact) mass is 206 g/mol. The summed E-state index contributed by atoms with van der Waals surface area (Å²) in [4.78, 5) is 10.5. The molecule has 1 aliphatic carbocycles. The quantitative estimate of drug-likeness (QED) is 0.709. The largest absolute Gasteiger partial charge is 0.497 e. The number of ether oxygens (including phenoxy) is 2. The highest BCUT2D eigenvalue weighted by molar-refractivity contribution is 5.42. The Morgan fingerprint density at radius 2 is 1.93 bits per heavy atom. The topological polar surface area (TPSA) is 35.5 Å². The highest BCUT2D eigenvalue weighted by atomic mass is 16.5. The van der Waals surface area contributed by atoms with Crippen LogP contribution in [0.4, 0.5) is 0 Å². The summed E-state index contributed by atoms with van der Waals surface area (Å²) in [6.45, 7) is 0.545. The molecule has 3 heteroatoms. The number of benzene rings is 1. The lowest BCUT2D eigenvalue weighted by Crippen LogP contribution is -2.36. The summed E-state index contributed by atoms with van der Waals surface area (Å²) < 4.78 is 10.3. The highest BCUT2D eigenvalue weighted by Crippen LogP contribution is 2.44. The number of rotatable bonds is 4. The van der Waals surface area contributed by atoms with E-state index in [1.807, 2.05) is 24.3 Å². The third-order valence-electron chi connectivity index (χ3n) is 3.05. The van der Waals surface area contributed by atoms with E-state index in [0.717, 1.165) is 30.6 Å². The van der Waals surface area contributed by atoms with Crippen LogP contribution in [0, 0.1) is 0 Å². The van der Waals surface area contributed by atoms with Crippen molar-refractivity contribution in [1.82, 2.24) is 0 Å². The van der Waals surface area contributed by atoms with E-state index >= 15 is 0 Å². The van der Waals surface area contributed by atoms with Crippen LogP contribution in [0.5, 0.6) is 5.75 Å². The lowest BCUT2D eigenvalue weighted by Gasteiger charge is -2.40. The third kappa shape index (κ3) is 1.69. The second-order valence-electron chi connectivity index (χ2n) is 3.79. The van der Waals surface area contributed by atoms with Crippen LogP contribution >= 0.6 is 0 Å². The minimum absolute atomic E-state index is 0.367.